The molecule has 0 aromatic rings. The van der Waals surface area contributed by atoms with Gasteiger partial charge in [-0.15, -0.1) is 0 Å². The van der Waals surface area contributed by atoms with Gasteiger partial charge in [-0.25, -0.2) is 13.6 Å². The van der Waals surface area contributed by atoms with Gasteiger partial charge in [-0.3, -0.25) is 0 Å². The minimum atomic E-state index is -3.41. The Morgan fingerprint density at radius 2 is 2.08 bits per heavy atom. The standard InChI is InChI=1S/C7H18N2O3S/c1-3-7(2,6-10)9-4-5-13(8,11)12/h9-10H,3-6H2,1-2H3,(H2,8,11,12). The molecule has 80 valence electrons. The van der Waals surface area contributed by atoms with Crippen LogP contribution in [0.5, 0.6) is 0 Å². The zero-order valence-corrected chi connectivity index (χ0v) is 8.89. The maximum atomic E-state index is 10.6. The average Bonchev–Trinajstić information content (AvgIpc) is 2.02. The third-order valence-corrected chi connectivity index (χ3v) is 2.84. The monoisotopic (exact) mass is 210 g/mol. The fourth-order valence-electron chi connectivity index (χ4n) is 0.788. The Morgan fingerprint density at radius 3 is 2.38 bits per heavy atom. The summed E-state index contributed by atoms with van der Waals surface area (Å²) in [5, 5.41) is 16.7. The van der Waals surface area contributed by atoms with E-state index in [0.717, 1.165) is 6.42 Å². The van der Waals surface area contributed by atoms with Crippen LogP contribution in [0.4, 0.5) is 0 Å². The highest BCUT2D eigenvalue weighted by molar-refractivity contribution is 7.89. The molecule has 5 nitrogen and oxygen atoms in total. The van der Waals surface area contributed by atoms with E-state index in [1.165, 1.54) is 0 Å². The van der Waals surface area contributed by atoms with Gasteiger partial charge in [-0.05, 0) is 13.3 Å². The molecule has 0 rings (SSSR count). The van der Waals surface area contributed by atoms with Crippen molar-refractivity contribution in [2.75, 3.05) is 18.9 Å². The summed E-state index contributed by atoms with van der Waals surface area (Å²) in [7, 11) is -3.41. The number of hydrogen-bond donors (Lipinski definition) is 3. The summed E-state index contributed by atoms with van der Waals surface area (Å²) in [6, 6.07) is 0. The van der Waals surface area contributed by atoms with Gasteiger partial charge in [0.1, 0.15) is 0 Å². The Kier molecular flexibility index (Phi) is 4.83. The first-order valence-corrected chi connectivity index (χ1v) is 5.91. The molecule has 6 heteroatoms. The van der Waals surface area contributed by atoms with Crippen molar-refractivity contribution in [1.82, 2.24) is 5.32 Å². The molecule has 0 amide bonds. The number of nitrogens with two attached hydrogens (primary N) is 1. The highest BCUT2D eigenvalue weighted by Crippen LogP contribution is 2.06. The first-order chi connectivity index (χ1) is 5.83. The fraction of sp³-hybridized carbons (Fsp3) is 1.00. The Balaban J connectivity index is 3.88. The SMILES string of the molecule is CCC(C)(CO)NCCS(N)(=O)=O. The van der Waals surface area contributed by atoms with E-state index in [0.29, 0.717) is 0 Å². The summed E-state index contributed by atoms with van der Waals surface area (Å²) in [6.07, 6.45) is 0.730. The molecule has 0 aliphatic carbocycles. The maximum absolute atomic E-state index is 10.6. The van der Waals surface area contributed by atoms with Gasteiger partial charge in [0.15, 0.2) is 0 Å². The van der Waals surface area contributed by atoms with Crippen molar-refractivity contribution in [2.24, 2.45) is 5.14 Å². The molecule has 0 saturated carbocycles. The largest absolute Gasteiger partial charge is 0.394 e. The van der Waals surface area contributed by atoms with E-state index >= 15 is 0 Å². The highest BCUT2D eigenvalue weighted by Gasteiger charge is 2.19. The van der Waals surface area contributed by atoms with Crippen molar-refractivity contribution in [1.29, 1.82) is 0 Å². The highest BCUT2D eigenvalue weighted by atomic mass is 32.2. The van der Waals surface area contributed by atoms with Gasteiger partial charge in [-0.1, -0.05) is 6.92 Å². The first-order valence-electron chi connectivity index (χ1n) is 4.19. The van der Waals surface area contributed by atoms with E-state index in [-0.39, 0.29) is 18.9 Å². The van der Waals surface area contributed by atoms with Gasteiger partial charge in [0.25, 0.3) is 0 Å². The van der Waals surface area contributed by atoms with Crippen LogP contribution in [0.3, 0.4) is 0 Å². The predicted molar refractivity (Wildman–Crippen MR) is 51.8 cm³/mol. The molecule has 0 aromatic carbocycles. The van der Waals surface area contributed by atoms with Gasteiger partial charge in [0, 0.05) is 12.1 Å². The normalized spacial score (nSPS) is 16.9. The lowest BCUT2D eigenvalue weighted by Crippen LogP contribution is -2.47. The zero-order valence-electron chi connectivity index (χ0n) is 8.08. The Bertz CT molecular complexity index is 234. The number of nitrogens with one attached hydrogen (secondary N) is 1. The summed E-state index contributed by atoms with van der Waals surface area (Å²) in [4.78, 5) is 0. The van der Waals surface area contributed by atoms with E-state index < -0.39 is 15.6 Å². The van der Waals surface area contributed by atoms with Crippen LogP contribution < -0.4 is 10.5 Å². The summed E-state index contributed by atoms with van der Waals surface area (Å²) in [6.45, 7) is 3.99. The summed E-state index contributed by atoms with van der Waals surface area (Å²) < 4.78 is 21.1. The second-order valence-electron chi connectivity index (χ2n) is 3.37. The number of rotatable bonds is 6. The first kappa shape index (κ1) is 12.8. The van der Waals surface area contributed by atoms with Crippen LogP contribution in [0.15, 0.2) is 0 Å². The van der Waals surface area contributed by atoms with Crippen molar-refractivity contribution >= 4 is 10.0 Å². The molecule has 0 aliphatic heterocycles. The third kappa shape index (κ3) is 5.98. The number of aliphatic hydroxyl groups excluding tert-OH is 1. The van der Waals surface area contributed by atoms with Crippen molar-refractivity contribution in [3.8, 4) is 0 Å². The van der Waals surface area contributed by atoms with Crippen LogP contribution in [-0.2, 0) is 10.0 Å². The van der Waals surface area contributed by atoms with Crippen LogP contribution in [0.1, 0.15) is 20.3 Å². The van der Waals surface area contributed by atoms with Crippen molar-refractivity contribution in [2.45, 2.75) is 25.8 Å². The minimum absolute atomic E-state index is 0.0197. The summed E-state index contributed by atoms with van der Waals surface area (Å²) >= 11 is 0. The van der Waals surface area contributed by atoms with Crippen LogP contribution >= 0.6 is 0 Å². The lowest BCUT2D eigenvalue weighted by Gasteiger charge is -2.26. The summed E-state index contributed by atoms with van der Waals surface area (Å²) in [5.41, 5.74) is -0.412. The minimum Gasteiger partial charge on any atom is -0.394 e. The van der Waals surface area contributed by atoms with Gasteiger partial charge in [0.05, 0.1) is 12.4 Å². The van der Waals surface area contributed by atoms with E-state index in [9.17, 15) is 8.42 Å². The number of sulfonamides is 1. The van der Waals surface area contributed by atoms with Crippen molar-refractivity contribution in [3.63, 3.8) is 0 Å². The summed E-state index contributed by atoms with van der Waals surface area (Å²) in [5.74, 6) is -0.109. The molecular formula is C7H18N2O3S. The molecule has 0 heterocycles. The van der Waals surface area contributed by atoms with Gasteiger partial charge >= 0.3 is 0 Å². The molecule has 13 heavy (non-hydrogen) atoms. The second kappa shape index (κ2) is 4.90. The van der Waals surface area contributed by atoms with Gasteiger partial charge in [0.2, 0.25) is 10.0 Å². The molecule has 1 unspecified atom stereocenters. The van der Waals surface area contributed by atoms with Crippen molar-refractivity contribution in [3.05, 3.63) is 0 Å². The van der Waals surface area contributed by atoms with Gasteiger partial charge in [-0.2, -0.15) is 0 Å². The molecule has 1 atom stereocenters. The number of aliphatic hydroxyl groups is 1. The fourth-order valence-corrected chi connectivity index (χ4v) is 1.17. The van der Waals surface area contributed by atoms with E-state index in [2.05, 4.69) is 5.32 Å². The number of hydrogen-bond acceptors (Lipinski definition) is 4. The Morgan fingerprint density at radius 1 is 1.54 bits per heavy atom. The van der Waals surface area contributed by atoms with E-state index in [4.69, 9.17) is 10.2 Å². The second-order valence-corrected chi connectivity index (χ2v) is 5.10. The molecule has 0 fully saturated rings. The van der Waals surface area contributed by atoms with Crippen LogP contribution in [0.25, 0.3) is 0 Å². The molecule has 0 radical (unpaired) electrons. The lowest BCUT2D eigenvalue weighted by atomic mass is 10.0. The Hall–Kier alpha value is -0.170. The molecule has 0 aromatic heterocycles. The quantitative estimate of drug-likeness (QED) is 0.525. The Labute approximate surface area is 79.4 Å². The van der Waals surface area contributed by atoms with E-state index in [1.54, 1.807) is 0 Å². The van der Waals surface area contributed by atoms with Gasteiger partial charge < -0.3 is 10.4 Å². The van der Waals surface area contributed by atoms with E-state index in [1.807, 2.05) is 13.8 Å². The maximum Gasteiger partial charge on any atom is 0.210 e. The molecule has 0 aliphatic rings. The van der Waals surface area contributed by atoms with Crippen LogP contribution in [0.2, 0.25) is 0 Å². The van der Waals surface area contributed by atoms with Crippen LogP contribution in [-0.4, -0.2) is 38.0 Å². The predicted octanol–water partition coefficient (Wildman–Crippen LogP) is -0.974. The van der Waals surface area contributed by atoms with Crippen molar-refractivity contribution < 1.29 is 13.5 Å². The topological polar surface area (TPSA) is 92.4 Å². The lowest BCUT2D eigenvalue weighted by molar-refractivity contribution is 0.172. The molecule has 4 N–H and O–H groups in total. The van der Waals surface area contributed by atoms with Crippen LogP contribution in [0, 0.1) is 0 Å². The molecule has 0 spiro atoms. The molecule has 0 bridgehead atoms. The number of primary sulfonamides is 1. The molecule has 0 saturated heterocycles. The zero-order chi connectivity index (χ0) is 10.5. The third-order valence-electron chi connectivity index (χ3n) is 2.07. The molecular weight excluding hydrogens is 192 g/mol. The smallest absolute Gasteiger partial charge is 0.210 e. The average molecular weight is 210 g/mol.